The molecule has 0 amide bonds. The van der Waals surface area contributed by atoms with Crippen LogP contribution in [0, 0.1) is 12.1 Å². The molecule has 11 rings (SSSR count). The van der Waals surface area contributed by atoms with Gasteiger partial charge in [0.15, 0.2) is 0 Å². The van der Waals surface area contributed by atoms with Gasteiger partial charge in [-0.05, 0) is 92.9 Å². The molecule has 4 aromatic heterocycles. The molecule has 0 N–H and O–H groups in total. The fraction of sp³-hybridized carbons (Fsp3) is 0.105. The molecule has 0 spiro atoms. The first-order chi connectivity index (χ1) is 31.3. The van der Waals surface area contributed by atoms with Crippen molar-refractivity contribution in [2.45, 2.75) is 39.5 Å². The molecule has 0 aliphatic rings. The van der Waals surface area contributed by atoms with Crippen molar-refractivity contribution in [2.75, 3.05) is 0 Å². The number of rotatable bonds is 8. The van der Waals surface area contributed by atoms with Crippen LogP contribution < -0.4 is 0 Å². The van der Waals surface area contributed by atoms with Crippen molar-refractivity contribution < 1.29 is 30.3 Å². The number of furan rings is 1. The monoisotopic (exact) mass is 1010 g/mol. The standard InChI is InChI=1S/C43H35N2O.C14H9N2O.Ir/c1-27(2)36-24-32(30-16-9-6-10-17-30)25-37(28(3)4)41(36)45-39-21-12-11-20-38(39)44-43(45)35-19-13-18-34-33-23-22-31(26-40(33)46-42(34)35)29-14-7-5-8-15-29;1-2-7-15-13(6-1)11-4-3-5-12(10-11)14-16-8-9-17-14;/h5-18,20-28H,1-4H3;1-3,5-10H;/q2*-1;/i;8D;. The van der Waals surface area contributed by atoms with Gasteiger partial charge in [-0.25, -0.2) is 4.98 Å². The molecular weight excluding hydrogens is 965 g/mol. The molecule has 0 bridgehead atoms. The summed E-state index contributed by atoms with van der Waals surface area (Å²) in [5.74, 6) is 1.84. The molecule has 7 aromatic carbocycles. The summed E-state index contributed by atoms with van der Waals surface area (Å²) in [6, 6.07) is 62.9. The number of hydrogen-bond acceptors (Lipinski definition) is 5. The van der Waals surface area contributed by atoms with Crippen molar-refractivity contribution in [2.24, 2.45) is 0 Å². The van der Waals surface area contributed by atoms with Crippen LogP contribution in [0.2, 0.25) is 0 Å². The fourth-order valence-electron chi connectivity index (χ4n) is 8.35. The Balaban J connectivity index is 0.000000235. The number of para-hydroxylation sites is 2. The molecule has 0 unspecified atom stereocenters. The molecule has 64 heavy (non-hydrogen) atoms. The van der Waals surface area contributed by atoms with Crippen LogP contribution in [0.1, 0.15) is 52.0 Å². The smallest absolute Gasteiger partial charge is 0.207 e. The van der Waals surface area contributed by atoms with Gasteiger partial charge in [0, 0.05) is 37.4 Å². The van der Waals surface area contributed by atoms with Gasteiger partial charge in [0.2, 0.25) is 5.89 Å². The third-order valence-electron chi connectivity index (χ3n) is 11.4. The summed E-state index contributed by atoms with van der Waals surface area (Å²) in [6.45, 7) is 9.14. The van der Waals surface area contributed by atoms with Gasteiger partial charge in [-0.15, -0.1) is 48.0 Å². The van der Waals surface area contributed by atoms with Crippen molar-refractivity contribution in [3.8, 4) is 62.0 Å². The Morgan fingerprint density at radius 2 is 1.30 bits per heavy atom. The minimum absolute atomic E-state index is 0. The zero-order valence-corrected chi connectivity index (χ0v) is 38.2. The Labute approximate surface area is 388 Å². The molecule has 7 heteroatoms. The number of fused-ring (bicyclic) bond motifs is 4. The van der Waals surface area contributed by atoms with Crippen LogP contribution in [-0.2, 0) is 20.1 Å². The first-order valence-corrected chi connectivity index (χ1v) is 21.3. The average molecular weight is 1010 g/mol. The van der Waals surface area contributed by atoms with E-state index in [1.165, 1.54) is 39.8 Å². The van der Waals surface area contributed by atoms with Gasteiger partial charge in [-0.1, -0.05) is 136 Å². The molecule has 315 valence electrons. The summed E-state index contributed by atoms with van der Waals surface area (Å²) in [5, 5.41) is 2.15. The van der Waals surface area contributed by atoms with Gasteiger partial charge in [0.1, 0.15) is 11.8 Å². The normalized spacial score (nSPS) is 11.5. The summed E-state index contributed by atoms with van der Waals surface area (Å²) in [6.07, 6.45) is 3.17. The molecule has 0 saturated heterocycles. The Hall–Kier alpha value is -7.18. The summed E-state index contributed by atoms with van der Waals surface area (Å²) in [7, 11) is 0. The van der Waals surface area contributed by atoms with E-state index in [1.54, 1.807) is 12.3 Å². The van der Waals surface area contributed by atoms with E-state index >= 15 is 0 Å². The largest absolute Gasteiger partial charge is 0.501 e. The number of benzene rings is 7. The molecule has 1 radical (unpaired) electrons. The predicted octanol–water partition coefficient (Wildman–Crippen LogP) is 15.2. The van der Waals surface area contributed by atoms with Crippen molar-refractivity contribution in [1.29, 1.82) is 0 Å². The second-order valence-corrected chi connectivity index (χ2v) is 16.2. The third-order valence-corrected chi connectivity index (χ3v) is 11.4. The predicted molar refractivity (Wildman–Crippen MR) is 256 cm³/mol. The molecular formula is C57H44IrN4O2-2. The molecule has 0 aliphatic heterocycles. The van der Waals surface area contributed by atoms with Crippen LogP contribution >= 0.6 is 0 Å². The van der Waals surface area contributed by atoms with Crippen LogP contribution in [0.15, 0.2) is 191 Å². The van der Waals surface area contributed by atoms with Gasteiger partial charge in [0.05, 0.1) is 30.0 Å². The molecule has 0 fully saturated rings. The molecule has 0 atom stereocenters. The minimum atomic E-state index is 0. The van der Waals surface area contributed by atoms with Crippen molar-refractivity contribution in [3.05, 3.63) is 206 Å². The van der Waals surface area contributed by atoms with Gasteiger partial charge < -0.3 is 18.4 Å². The first kappa shape index (κ1) is 40.9. The second-order valence-electron chi connectivity index (χ2n) is 16.2. The van der Waals surface area contributed by atoms with Crippen molar-refractivity contribution >= 4 is 33.0 Å². The zero-order valence-electron chi connectivity index (χ0n) is 36.8. The first-order valence-electron chi connectivity index (χ1n) is 21.8. The van der Waals surface area contributed by atoms with E-state index in [0.29, 0.717) is 5.89 Å². The second kappa shape index (κ2) is 18.3. The number of pyridine rings is 1. The van der Waals surface area contributed by atoms with Gasteiger partial charge in [-0.3, -0.25) is 4.98 Å². The topological polar surface area (TPSA) is 69.9 Å². The molecule has 4 heterocycles. The summed E-state index contributed by atoms with van der Waals surface area (Å²) in [5.41, 5.74) is 15.6. The number of aromatic nitrogens is 4. The summed E-state index contributed by atoms with van der Waals surface area (Å²) in [4.78, 5) is 13.5. The Morgan fingerprint density at radius 1 is 0.609 bits per heavy atom. The molecule has 0 saturated carbocycles. The maximum Gasteiger partial charge on any atom is 0.207 e. The van der Waals surface area contributed by atoms with Gasteiger partial charge in [0.25, 0.3) is 0 Å². The minimum Gasteiger partial charge on any atom is -0.501 e. The molecule has 11 aromatic rings. The van der Waals surface area contributed by atoms with E-state index in [-0.39, 0.29) is 38.1 Å². The van der Waals surface area contributed by atoms with Gasteiger partial charge in [-0.2, -0.15) is 0 Å². The quantitative estimate of drug-likeness (QED) is 0.142. The van der Waals surface area contributed by atoms with Crippen LogP contribution in [0.25, 0.3) is 95.0 Å². The van der Waals surface area contributed by atoms with Gasteiger partial charge >= 0.3 is 0 Å². The number of hydrogen-bond donors (Lipinski definition) is 0. The molecule has 0 aliphatic carbocycles. The third kappa shape index (κ3) is 8.12. The fourth-order valence-corrected chi connectivity index (χ4v) is 8.35. The van der Waals surface area contributed by atoms with Crippen molar-refractivity contribution in [3.63, 3.8) is 0 Å². The van der Waals surface area contributed by atoms with Crippen LogP contribution in [0.3, 0.4) is 0 Å². The Kier molecular flexibility index (Phi) is 11.7. The van der Waals surface area contributed by atoms with E-state index in [0.717, 1.165) is 66.7 Å². The number of nitrogens with zero attached hydrogens (tertiary/aromatic N) is 4. The summed E-state index contributed by atoms with van der Waals surface area (Å²) < 4.78 is 21.7. The average Bonchev–Trinajstić information content (AvgIpc) is 4.07. The van der Waals surface area contributed by atoms with Crippen LogP contribution in [0.4, 0.5) is 0 Å². The van der Waals surface area contributed by atoms with Crippen LogP contribution in [-0.4, -0.2) is 19.5 Å². The Morgan fingerprint density at radius 3 is 1.98 bits per heavy atom. The van der Waals surface area contributed by atoms with Crippen LogP contribution in [0.5, 0.6) is 0 Å². The SMILES string of the molecule is CC(C)c1cc(-c2ccccc2)cc(C(C)C)c1-n1c(-c2[c-]ccc3c2oc2cc(-c4ccccc4)ccc23)nc2ccccc21.[2H]c1coc(-c2cc[c-]c(-c3ccccn3)c2)n1.[Ir]. The molecule has 6 nitrogen and oxygen atoms in total. The maximum absolute atomic E-state index is 7.36. The van der Waals surface area contributed by atoms with E-state index in [4.69, 9.17) is 15.2 Å². The van der Waals surface area contributed by atoms with E-state index in [9.17, 15) is 0 Å². The zero-order chi connectivity index (χ0) is 43.7. The van der Waals surface area contributed by atoms with E-state index in [1.807, 2.05) is 42.5 Å². The summed E-state index contributed by atoms with van der Waals surface area (Å²) >= 11 is 0. The number of imidazole rings is 1. The van der Waals surface area contributed by atoms with Crippen molar-refractivity contribution in [1.82, 2.24) is 19.5 Å². The number of oxazole rings is 1. The maximum atomic E-state index is 7.36. The Bertz CT molecular complexity index is 3380. The van der Waals surface area contributed by atoms with E-state index in [2.05, 4.69) is 170 Å². The van der Waals surface area contributed by atoms with E-state index < -0.39 is 0 Å².